The molecule has 0 aliphatic rings. The highest BCUT2D eigenvalue weighted by Crippen LogP contribution is 2.38. The zero-order chi connectivity index (χ0) is 25.2. The van der Waals surface area contributed by atoms with E-state index >= 15 is 0 Å². The van der Waals surface area contributed by atoms with Gasteiger partial charge in [-0.1, -0.05) is 83.9 Å². The van der Waals surface area contributed by atoms with Gasteiger partial charge in [0.15, 0.2) is 0 Å². The van der Waals surface area contributed by atoms with E-state index in [1.54, 1.807) is 42.8 Å². The number of nitrogens with two attached hydrogens (primary N) is 1. The summed E-state index contributed by atoms with van der Waals surface area (Å²) in [7, 11) is 1.73. The highest BCUT2D eigenvalue weighted by Gasteiger charge is 2.34. The first kappa shape index (κ1) is 24.7. The molecule has 0 aliphatic heterocycles. The van der Waals surface area contributed by atoms with E-state index in [0.29, 0.717) is 10.0 Å². The second kappa shape index (κ2) is 10.1. The molecular weight excluding hydrogens is 483 g/mol. The van der Waals surface area contributed by atoms with Crippen LogP contribution in [-0.4, -0.2) is 22.0 Å². The first-order valence-electron chi connectivity index (χ1n) is 11.0. The molecule has 4 rings (SSSR count). The summed E-state index contributed by atoms with van der Waals surface area (Å²) in [4.78, 5) is 26.0. The molecule has 0 saturated heterocycles. The van der Waals surface area contributed by atoms with Crippen LogP contribution in [0.2, 0.25) is 10.0 Å². The first-order valence-corrected chi connectivity index (χ1v) is 11.7. The third-order valence-electron chi connectivity index (χ3n) is 5.79. The van der Waals surface area contributed by atoms with E-state index in [4.69, 9.17) is 33.7 Å². The number of esters is 2. The number of benzene rings is 3. The Kier molecular flexibility index (Phi) is 7.13. The molecule has 5 nitrogen and oxygen atoms in total. The van der Waals surface area contributed by atoms with E-state index in [2.05, 4.69) is 0 Å². The van der Waals surface area contributed by atoms with Crippen LogP contribution in [0.25, 0.3) is 22.4 Å². The molecule has 178 valence electrons. The average Bonchev–Trinajstić information content (AvgIpc) is 3.17. The van der Waals surface area contributed by atoms with Gasteiger partial charge in [-0.15, -0.1) is 0 Å². The predicted molar refractivity (Wildman–Crippen MR) is 139 cm³/mol. The minimum Gasteiger partial charge on any atom is -0.387 e. The van der Waals surface area contributed by atoms with Gasteiger partial charge in [-0.2, -0.15) is 0 Å². The van der Waals surface area contributed by atoms with Gasteiger partial charge in [0, 0.05) is 34.6 Å². The highest BCUT2D eigenvalue weighted by atomic mass is 35.5. The van der Waals surface area contributed by atoms with Crippen LogP contribution in [0, 0.1) is 0 Å². The van der Waals surface area contributed by atoms with Crippen molar-refractivity contribution in [2.24, 2.45) is 12.8 Å². The van der Waals surface area contributed by atoms with Gasteiger partial charge < -0.3 is 15.0 Å². The Hall–Kier alpha value is -3.38. The van der Waals surface area contributed by atoms with Crippen molar-refractivity contribution in [3.05, 3.63) is 106 Å². The molecule has 35 heavy (non-hydrogen) atoms. The highest BCUT2D eigenvalue weighted by molar-refractivity contribution is 6.33. The lowest BCUT2D eigenvalue weighted by atomic mass is 9.94. The molecule has 7 heteroatoms. The van der Waals surface area contributed by atoms with Crippen molar-refractivity contribution < 1.29 is 14.3 Å². The summed E-state index contributed by atoms with van der Waals surface area (Å²) in [6, 6.07) is 25.6. The number of ether oxygens (including phenoxy) is 1. The van der Waals surface area contributed by atoms with Crippen molar-refractivity contribution in [3.63, 3.8) is 0 Å². The number of carbonyl (C=O) groups excluding carboxylic acids is 2. The summed E-state index contributed by atoms with van der Waals surface area (Å²) in [6.45, 7) is 1.55. The second-order valence-corrected chi connectivity index (χ2v) is 9.44. The zero-order valence-electron chi connectivity index (χ0n) is 19.3. The molecule has 1 heterocycles. The van der Waals surface area contributed by atoms with E-state index in [0.717, 1.165) is 27.9 Å². The third-order valence-corrected chi connectivity index (χ3v) is 6.37. The smallest absolute Gasteiger partial charge is 0.362 e. The van der Waals surface area contributed by atoms with Gasteiger partial charge >= 0.3 is 11.9 Å². The number of hydrogen-bond acceptors (Lipinski definition) is 4. The Morgan fingerprint density at radius 2 is 1.54 bits per heavy atom. The molecule has 0 spiro atoms. The van der Waals surface area contributed by atoms with Crippen LogP contribution < -0.4 is 5.73 Å². The summed E-state index contributed by atoms with van der Waals surface area (Å²) in [5.41, 5.74) is 8.94. The van der Waals surface area contributed by atoms with Crippen molar-refractivity contribution in [1.29, 1.82) is 0 Å². The third kappa shape index (κ3) is 5.33. The van der Waals surface area contributed by atoms with Gasteiger partial charge in [-0.3, -0.25) is 0 Å². The molecule has 2 N–H and O–H groups in total. The molecule has 3 aromatic carbocycles. The lowest BCUT2D eigenvalue weighted by Crippen LogP contribution is -2.48. The van der Waals surface area contributed by atoms with E-state index in [1.807, 2.05) is 60.7 Å². The number of hydrogen-bond donors (Lipinski definition) is 1. The number of halogens is 2. The molecular formula is C28H24Cl2N2O3. The van der Waals surface area contributed by atoms with Crippen molar-refractivity contribution in [2.75, 3.05) is 0 Å². The minimum atomic E-state index is -1.38. The fourth-order valence-electron chi connectivity index (χ4n) is 3.99. The lowest BCUT2D eigenvalue weighted by molar-refractivity contribution is -0.143. The summed E-state index contributed by atoms with van der Waals surface area (Å²) in [6.07, 6.45) is 0.230. The Bertz CT molecular complexity index is 1380. The van der Waals surface area contributed by atoms with E-state index < -0.39 is 17.5 Å². The molecule has 0 bridgehead atoms. The van der Waals surface area contributed by atoms with Gasteiger partial charge in [0.25, 0.3) is 0 Å². The number of aromatic nitrogens is 1. The zero-order valence-corrected chi connectivity index (χ0v) is 20.8. The van der Waals surface area contributed by atoms with Gasteiger partial charge in [0.2, 0.25) is 0 Å². The van der Waals surface area contributed by atoms with Crippen molar-refractivity contribution >= 4 is 35.1 Å². The van der Waals surface area contributed by atoms with Crippen LogP contribution in [0.5, 0.6) is 0 Å². The fraction of sp³-hybridized carbons (Fsp3) is 0.143. The van der Waals surface area contributed by atoms with E-state index in [-0.39, 0.29) is 12.1 Å². The molecule has 0 amide bonds. The van der Waals surface area contributed by atoms with E-state index in [9.17, 15) is 9.59 Å². The molecule has 0 saturated carbocycles. The quantitative estimate of drug-likeness (QED) is 0.245. The molecule has 1 aromatic heterocycles. The minimum absolute atomic E-state index is 0.189. The normalized spacial score (nSPS) is 12.7. The largest absolute Gasteiger partial charge is 0.387 e. The number of rotatable bonds is 6. The van der Waals surface area contributed by atoms with Crippen molar-refractivity contribution in [3.8, 4) is 22.4 Å². The van der Waals surface area contributed by atoms with Crippen LogP contribution in [-0.2, 0) is 23.0 Å². The van der Waals surface area contributed by atoms with Crippen LogP contribution in [0.1, 0.15) is 23.0 Å². The summed E-state index contributed by atoms with van der Waals surface area (Å²) in [5, 5.41) is 1.12. The standard InChI is InChI=1S/C28H24Cl2N2O3/c1-28(31,17-18-8-4-3-5-9-18)27(34)35-26(33)24-16-22(21-10-6-7-11-23(21)30)25(32(24)2)19-12-14-20(29)15-13-19/h3-16H,17,31H2,1-2H3/t28-/m0/s1. The topological polar surface area (TPSA) is 74.3 Å². The Labute approximate surface area is 214 Å². The number of nitrogens with zero attached hydrogens (tertiary/aromatic N) is 1. The first-order chi connectivity index (χ1) is 16.7. The van der Waals surface area contributed by atoms with Crippen LogP contribution in [0.3, 0.4) is 0 Å². The van der Waals surface area contributed by atoms with Gasteiger partial charge in [0.1, 0.15) is 11.2 Å². The van der Waals surface area contributed by atoms with E-state index in [1.165, 1.54) is 0 Å². The van der Waals surface area contributed by atoms with Gasteiger partial charge in [0.05, 0.1) is 5.69 Å². The second-order valence-electron chi connectivity index (χ2n) is 8.59. The molecule has 0 aliphatic carbocycles. The Balaban J connectivity index is 1.70. The van der Waals surface area contributed by atoms with Crippen LogP contribution in [0.15, 0.2) is 84.9 Å². The van der Waals surface area contributed by atoms with Crippen LogP contribution in [0.4, 0.5) is 0 Å². The van der Waals surface area contributed by atoms with Crippen molar-refractivity contribution in [1.82, 2.24) is 4.57 Å². The Morgan fingerprint density at radius 1 is 0.914 bits per heavy atom. The SMILES string of the molecule is Cn1c(C(=O)OC(=O)[C@@](C)(N)Cc2ccccc2)cc(-c2ccccc2Cl)c1-c1ccc(Cl)cc1. The van der Waals surface area contributed by atoms with Crippen LogP contribution >= 0.6 is 23.2 Å². The van der Waals surface area contributed by atoms with Crippen molar-refractivity contribution in [2.45, 2.75) is 18.9 Å². The molecule has 0 unspecified atom stereocenters. The molecule has 0 radical (unpaired) electrons. The van der Waals surface area contributed by atoms with Gasteiger partial charge in [-0.25, -0.2) is 9.59 Å². The monoisotopic (exact) mass is 506 g/mol. The molecule has 1 atom stereocenters. The lowest BCUT2D eigenvalue weighted by Gasteiger charge is -2.22. The summed E-state index contributed by atoms with van der Waals surface area (Å²) >= 11 is 12.6. The Morgan fingerprint density at radius 3 is 2.20 bits per heavy atom. The molecule has 0 fully saturated rings. The maximum absolute atomic E-state index is 13.2. The predicted octanol–water partition coefficient (Wildman–Crippen LogP) is 6.31. The fourth-order valence-corrected chi connectivity index (χ4v) is 4.35. The maximum atomic E-state index is 13.2. The maximum Gasteiger partial charge on any atom is 0.362 e. The summed E-state index contributed by atoms with van der Waals surface area (Å²) in [5.74, 6) is -1.60. The number of carbonyl (C=O) groups is 2. The van der Waals surface area contributed by atoms with Gasteiger partial charge in [-0.05, 0) is 42.3 Å². The summed E-state index contributed by atoms with van der Waals surface area (Å²) < 4.78 is 6.95. The molecule has 4 aromatic rings. The average molecular weight is 507 g/mol.